The van der Waals surface area contributed by atoms with E-state index in [-0.39, 0.29) is 11.7 Å². The number of carbonyl (C=O) groups is 1. The minimum absolute atomic E-state index is 0.0138. The first-order chi connectivity index (χ1) is 4.68. The van der Waals surface area contributed by atoms with Gasteiger partial charge in [0.2, 0.25) is 0 Å². The van der Waals surface area contributed by atoms with Gasteiger partial charge in [-0.25, -0.2) is 0 Å². The first-order valence-electron chi connectivity index (χ1n) is 3.37. The molecule has 2 heteroatoms. The van der Waals surface area contributed by atoms with Gasteiger partial charge < -0.3 is 4.74 Å². The lowest BCUT2D eigenvalue weighted by Gasteiger charge is -2.05. The third-order valence-corrected chi connectivity index (χ3v) is 1.30. The van der Waals surface area contributed by atoms with Crippen LogP contribution in [0.15, 0.2) is 12.7 Å². The second-order valence-electron chi connectivity index (χ2n) is 2.34. The van der Waals surface area contributed by atoms with Crippen molar-refractivity contribution in [3.63, 3.8) is 0 Å². The summed E-state index contributed by atoms with van der Waals surface area (Å²) in [5.74, 6) is 0.184. The van der Waals surface area contributed by atoms with Crippen LogP contribution in [-0.2, 0) is 9.53 Å². The predicted molar refractivity (Wildman–Crippen MR) is 40.9 cm³/mol. The summed E-state index contributed by atoms with van der Waals surface area (Å²) < 4.78 is 5.07. The van der Waals surface area contributed by atoms with Crippen molar-refractivity contribution in [3.05, 3.63) is 12.7 Å². The lowest BCUT2D eigenvalue weighted by molar-refractivity contribution is -0.121. The van der Waals surface area contributed by atoms with Crippen LogP contribution in [0.4, 0.5) is 0 Å². The number of ketones is 1. The topological polar surface area (TPSA) is 26.3 Å². The van der Waals surface area contributed by atoms with Crippen molar-refractivity contribution in [2.24, 2.45) is 5.92 Å². The molecular formula is C8H14O2. The number of hydrogen-bond donors (Lipinski definition) is 0. The van der Waals surface area contributed by atoms with Crippen LogP contribution in [0, 0.1) is 5.92 Å². The van der Waals surface area contributed by atoms with Crippen LogP contribution >= 0.6 is 0 Å². The Morgan fingerprint density at radius 3 is 2.80 bits per heavy atom. The summed E-state index contributed by atoms with van der Waals surface area (Å²) in [6.07, 6.45) is 1.67. The fraction of sp³-hybridized carbons (Fsp3) is 0.625. The summed E-state index contributed by atoms with van der Waals surface area (Å²) in [7, 11) is 0. The Morgan fingerprint density at radius 1 is 1.80 bits per heavy atom. The zero-order valence-electron chi connectivity index (χ0n) is 6.59. The largest absolute Gasteiger partial charge is 0.377 e. The molecule has 0 aromatic rings. The molecule has 0 saturated heterocycles. The third kappa shape index (κ3) is 4.27. The molecule has 0 aliphatic heterocycles. The Morgan fingerprint density at radius 2 is 2.40 bits per heavy atom. The Bertz CT molecular complexity index is 118. The van der Waals surface area contributed by atoms with Crippen molar-refractivity contribution in [3.8, 4) is 0 Å². The van der Waals surface area contributed by atoms with E-state index in [0.717, 1.165) is 0 Å². The van der Waals surface area contributed by atoms with E-state index < -0.39 is 0 Å². The van der Waals surface area contributed by atoms with Crippen molar-refractivity contribution < 1.29 is 9.53 Å². The van der Waals surface area contributed by atoms with Gasteiger partial charge >= 0.3 is 0 Å². The predicted octanol–water partition coefficient (Wildman–Crippen LogP) is 1.41. The van der Waals surface area contributed by atoms with Crippen LogP contribution in [0.25, 0.3) is 0 Å². The van der Waals surface area contributed by atoms with Gasteiger partial charge in [0.25, 0.3) is 0 Å². The highest BCUT2D eigenvalue weighted by molar-refractivity contribution is 5.77. The average molecular weight is 142 g/mol. The lowest BCUT2D eigenvalue weighted by atomic mass is 10.1. The number of Topliss-reactive ketones (excluding diaryl/α,β-unsaturated/α-hetero) is 1. The quantitative estimate of drug-likeness (QED) is 0.428. The molecule has 0 bridgehead atoms. The maximum Gasteiger partial charge on any atom is 0.134 e. The summed E-state index contributed by atoms with van der Waals surface area (Å²) in [4.78, 5) is 10.6. The van der Waals surface area contributed by atoms with Gasteiger partial charge in [-0.15, -0.1) is 6.58 Å². The Hall–Kier alpha value is -0.630. The molecule has 0 aromatic heterocycles. The standard InChI is InChI=1S/C8H14O2/c1-4-5-10-6-7(2)8(3)9/h4,7H,1,5-6H2,2-3H3/t7-/m1/s1. The van der Waals surface area contributed by atoms with Gasteiger partial charge in [-0.05, 0) is 6.92 Å². The lowest BCUT2D eigenvalue weighted by Crippen LogP contribution is -2.13. The minimum Gasteiger partial charge on any atom is -0.377 e. The van der Waals surface area contributed by atoms with Crippen molar-refractivity contribution in [2.45, 2.75) is 13.8 Å². The van der Waals surface area contributed by atoms with Crippen LogP contribution in [-0.4, -0.2) is 19.0 Å². The number of hydrogen-bond acceptors (Lipinski definition) is 2. The number of ether oxygens (including phenoxy) is 1. The fourth-order valence-electron chi connectivity index (χ4n) is 0.446. The molecule has 0 rings (SSSR count). The second-order valence-corrected chi connectivity index (χ2v) is 2.34. The molecule has 0 heterocycles. The van der Waals surface area contributed by atoms with E-state index in [1.165, 1.54) is 0 Å². The van der Waals surface area contributed by atoms with Gasteiger partial charge in [0.1, 0.15) is 5.78 Å². The first kappa shape index (κ1) is 9.37. The highest BCUT2D eigenvalue weighted by Crippen LogP contribution is 1.96. The molecule has 0 aromatic carbocycles. The van der Waals surface area contributed by atoms with Gasteiger partial charge in [0.05, 0.1) is 13.2 Å². The Labute approximate surface area is 61.9 Å². The van der Waals surface area contributed by atoms with Crippen LogP contribution in [0.1, 0.15) is 13.8 Å². The van der Waals surface area contributed by atoms with Gasteiger partial charge in [-0.3, -0.25) is 4.79 Å². The zero-order valence-corrected chi connectivity index (χ0v) is 6.59. The number of rotatable bonds is 5. The molecule has 10 heavy (non-hydrogen) atoms. The molecular weight excluding hydrogens is 128 g/mol. The molecule has 2 nitrogen and oxygen atoms in total. The monoisotopic (exact) mass is 142 g/mol. The highest BCUT2D eigenvalue weighted by atomic mass is 16.5. The minimum atomic E-state index is 0.0138. The summed E-state index contributed by atoms with van der Waals surface area (Å²) in [5, 5.41) is 0. The van der Waals surface area contributed by atoms with E-state index in [1.54, 1.807) is 13.0 Å². The molecule has 0 amide bonds. The molecule has 0 fully saturated rings. The van der Waals surface area contributed by atoms with Gasteiger partial charge in [0.15, 0.2) is 0 Å². The first-order valence-corrected chi connectivity index (χ1v) is 3.37. The summed E-state index contributed by atoms with van der Waals surface area (Å²) >= 11 is 0. The third-order valence-electron chi connectivity index (χ3n) is 1.30. The number of carbonyl (C=O) groups excluding carboxylic acids is 1. The molecule has 58 valence electrons. The molecule has 1 atom stereocenters. The van der Waals surface area contributed by atoms with Crippen LogP contribution in [0.2, 0.25) is 0 Å². The molecule has 0 radical (unpaired) electrons. The molecule has 0 unspecified atom stereocenters. The maximum atomic E-state index is 10.6. The van der Waals surface area contributed by atoms with Gasteiger partial charge in [-0.1, -0.05) is 13.0 Å². The summed E-state index contributed by atoms with van der Waals surface area (Å²) in [5.41, 5.74) is 0. The van der Waals surface area contributed by atoms with Crippen LogP contribution < -0.4 is 0 Å². The van der Waals surface area contributed by atoms with Crippen molar-refractivity contribution in [1.82, 2.24) is 0 Å². The van der Waals surface area contributed by atoms with Crippen molar-refractivity contribution in [2.75, 3.05) is 13.2 Å². The highest BCUT2D eigenvalue weighted by Gasteiger charge is 2.05. The average Bonchev–Trinajstić information content (AvgIpc) is 1.88. The van der Waals surface area contributed by atoms with E-state index >= 15 is 0 Å². The second kappa shape index (κ2) is 5.18. The summed E-state index contributed by atoms with van der Waals surface area (Å²) in [6.45, 7) is 7.94. The van der Waals surface area contributed by atoms with E-state index in [9.17, 15) is 4.79 Å². The van der Waals surface area contributed by atoms with Crippen LogP contribution in [0.3, 0.4) is 0 Å². The molecule has 0 aliphatic rings. The molecule has 0 aliphatic carbocycles. The Kier molecular flexibility index (Phi) is 4.85. The maximum absolute atomic E-state index is 10.6. The van der Waals surface area contributed by atoms with E-state index in [1.807, 2.05) is 6.92 Å². The van der Waals surface area contributed by atoms with E-state index in [4.69, 9.17) is 4.74 Å². The molecule has 0 saturated carbocycles. The SMILES string of the molecule is C=CCOC[C@@H](C)C(C)=O. The van der Waals surface area contributed by atoms with E-state index in [2.05, 4.69) is 6.58 Å². The molecule has 0 spiro atoms. The fourth-order valence-corrected chi connectivity index (χ4v) is 0.446. The van der Waals surface area contributed by atoms with Gasteiger partial charge in [0, 0.05) is 5.92 Å². The Balaban J connectivity index is 3.30. The molecule has 0 N–H and O–H groups in total. The van der Waals surface area contributed by atoms with Crippen LogP contribution in [0.5, 0.6) is 0 Å². The zero-order chi connectivity index (χ0) is 7.98. The summed E-state index contributed by atoms with van der Waals surface area (Å²) in [6, 6.07) is 0. The van der Waals surface area contributed by atoms with Crippen molar-refractivity contribution >= 4 is 5.78 Å². The van der Waals surface area contributed by atoms with Gasteiger partial charge in [-0.2, -0.15) is 0 Å². The normalized spacial score (nSPS) is 12.6. The van der Waals surface area contributed by atoms with Crippen molar-refractivity contribution in [1.29, 1.82) is 0 Å². The van der Waals surface area contributed by atoms with E-state index in [0.29, 0.717) is 13.2 Å². The smallest absolute Gasteiger partial charge is 0.134 e.